The summed E-state index contributed by atoms with van der Waals surface area (Å²) in [6, 6.07) is 6.12. The number of amides is 2. The highest BCUT2D eigenvalue weighted by molar-refractivity contribution is 7.91. The Bertz CT molecular complexity index is 1300. The van der Waals surface area contributed by atoms with Gasteiger partial charge in [0.05, 0.1) is 28.9 Å². The largest absolute Gasteiger partial charge is 0.446 e. The lowest BCUT2D eigenvalue weighted by Crippen LogP contribution is -2.53. The van der Waals surface area contributed by atoms with Gasteiger partial charge in [-0.25, -0.2) is 23.6 Å². The van der Waals surface area contributed by atoms with Crippen LogP contribution in [0.2, 0.25) is 0 Å². The molecule has 44 heavy (non-hydrogen) atoms. The SMILES string of the molecule is CC(=O)N1c2ccc(C3CN(C4CCCS(=O)(=O)C4)NC34CCCCCCCC4)cc2N(C(=O)OC2CCCCC2)C[C@@H]1C. The number of carbonyl (C=O) groups excluding carboxylic acids is 2. The summed E-state index contributed by atoms with van der Waals surface area (Å²) < 4.78 is 31.4. The van der Waals surface area contributed by atoms with Crippen molar-refractivity contribution in [2.75, 3.05) is 34.4 Å². The highest BCUT2D eigenvalue weighted by Gasteiger charge is 2.49. The van der Waals surface area contributed by atoms with Crippen molar-refractivity contribution in [2.45, 2.75) is 140 Å². The van der Waals surface area contributed by atoms with E-state index in [0.717, 1.165) is 81.3 Å². The van der Waals surface area contributed by atoms with Crippen molar-refractivity contribution in [1.29, 1.82) is 0 Å². The van der Waals surface area contributed by atoms with E-state index in [0.29, 0.717) is 13.0 Å². The van der Waals surface area contributed by atoms with E-state index < -0.39 is 9.84 Å². The van der Waals surface area contributed by atoms with Crippen molar-refractivity contribution < 1.29 is 22.7 Å². The Labute approximate surface area is 263 Å². The Balaban J connectivity index is 1.36. The van der Waals surface area contributed by atoms with E-state index in [1.165, 1.54) is 32.1 Å². The molecule has 2 saturated heterocycles. The van der Waals surface area contributed by atoms with Crippen LogP contribution in [0.5, 0.6) is 0 Å². The summed E-state index contributed by atoms with van der Waals surface area (Å²) in [5, 5.41) is 2.26. The molecule has 9 nitrogen and oxygen atoms in total. The number of nitrogens with zero attached hydrogens (tertiary/aromatic N) is 3. The summed E-state index contributed by atoms with van der Waals surface area (Å²) in [6.45, 7) is 4.70. The molecule has 2 aliphatic carbocycles. The van der Waals surface area contributed by atoms with Gasteiger partial charge >= 0.3 is 6.09 Å². The second kappa shape index (κ2) is 13.3. The molecule has 4 fully saturated rings. The first kappa shape index (κ1) is 31.8. The van der Waals surface area contributed by atoms with Crippen LogP contribution in [0.25, 0.3) is 0 Å². The number of nitrogens with one attached hydrogen (secondary N) is 1. The van der Waals surface area contributed by atoms with Crippen molar-refractivity contribution in [3.05, 3.63) is 23.8 Å². The molecule has 1 aromatic carbocycles. The summed E-state index contributed by atoms with van der Waals surface area (Å²) in [5.41, 5.74) is 6.43. The van der Waals surface area contributed by atoms with E-state index >= 15 is 0 Å². The molecule has 2 saturated carbocycles. The Kier molecular flexibility index (Phi) is 9.60. The lowest BCUT2D eigenvalue weighted by Gasteiger charge is -2.42. The smallest absolute Gasteiger partial charge is 0.414 e. The molecule has 0 bridgehead atoms. The van der Waals surface area contributed by atoms with Gasteiger partial charge < -0.3 is 9.64 Å². The van der Waals surface area contributed by atoms with Crippen LogP contribution in [-0.4, -0.2) is 73.7 Å². The van der Waals surface area contributed by atoms with E-state index in [9.17, 15) is 18.0 Å². The van der Waals surface area contributed by atoms with Gasteiger partial charge in [-0.3, -0.25) is 9.69 Å². The third kappa shape index (κ3) is 6.68. The Hall–Kier alpha value is -2.17. The summed E-state index contributed by atoms with van der Waals surface area (Å²) >= 11 is 0. The van der Waals surface area contributed by atoms with Gasteiger partial charge in [0.25, 0.3) is 0 Å². The molecule has 2 amide bonds. The molecule has 6 rings (SSSR count). The summed E-state index contributed by atoms with van der Waals surface area (Å²) in [7, 11) is -3.05. The molecular weight excluding hydrogens is 576 g/mol. The van der Waals surface area contributed by atoms with Crippen LogP contribution >= 0.6 is 0 Å². The second-order valence-electron chi connectivity index (χ2n) is 14.2. The summed E-state index contributed by atoms with van der Waals surface area (Å²) in [5.74, 6) is 0.594. The molecule has 5 aliphatic rings. The molecule has 1 aromatic rings. The minimum Gasteiger partial charge on any atom is -0.446 e. The number of benzene rings is 1. The molecule has 3 atom stereocenters. The first-order valence-corrected chi connectivity index (χ1v) is 19.1. The average molecular weight is 629 g/mol. The zero-order chi connectivity index (χ0) is 30.9. The zero-order valence-corrected chi connectivity index (χ0v) is 27.6. The van der Waals surface area contributed by atoms with Gasteiger partial charge in [0.1, 0.15) is 6.10 Å². The number of sulfone groups is 1. The number of hydrazine groups is 1. The van der Waals surface area contributed by atoms with Crippen molar-refractivity contribution in [1.82, 2.24) is 10.4 Å². The lowest BCUT2D eigenvalue weighted by atomic mass is 9.74. The predicted molar refractivity (Wildman–Crippen MR) is 174 cm³/mol. The summed E-state index contributed by atoms with van der Waals surface area (Å²) in [6.07, 6.45) is 15.7. The van der Waals surface area contributed by atoms with Crippen LogP contribution in [0.3, 0.4) is 0 Å². The number of fused-ring (bicyclic) bond motifs is 1. The third-order valence-electron chi connectivity index (χ3n) is 11.0. The molecule has 10 heteroatoms. The maximum atomic E-state index is 13.7. The molecule has 1 spiro atoms. The Morgan fingerprint density at radius 2 is 1.57 bits per heavy atom. The van der Waals surface area contributed by atoms with Gasteiger partial charge in [-0.05, 0) is 76.0 Å². The first-order valence-electron chi connectivity index (χ1n) is 17.3. The van der Waals surface area contributed by atoms with Crippen LogP contribution in [0, 0.1) is 0 Å². The van der Waals surface area contributed by atoms with E-state index in [-0.39, 0.29) is 53.2 Å². The maximum Gasteiger partial charge on any atom is 0.414 e. The number of rotatable bonds is 3. The minimum absolute atomic E-state index is 0.0306. The normalized spacial score (nSPS) is 29.8. The minimum atomic E-state index is -3.05. The zero-order valence-electron chi connectivity index (χ0n) is 26.8. The first-order chi connectivity index (χ1) is 21.2. The van der Waals surface area contributed by atoms with Crippen LogP contribution in [-0.2, 0) is 19.4 Å². The van der Waals surface area contributed by atoms with Crippen molar-refractivity contribution >= 4 is 33.2 Å². The van der Waals surface area contributed by atoms with Gasteiger partial charge in [-0.2, -0.15) is 0 Å². The summed E-state index contributed by atoms with van der Waals surface area (Å²) in [4.78, 5) is 30.2. The van der Waals surface area contributed by atoms with Gasteiger partial charge in [0, 0.05) is 37.5 Å². The molecule has 3 aliphatic heterocycles. The predicted octanol–water partition coefficient (Wildman–Crippen LogP) is 6.07. The van der Waals surface area contributed by atoms with E-state index in [4.69, 9.17) is 4.74 Å². The molecule has 2 unspecified atom stereocenters. The van der Waals surface area contributed by atoms with Crippen LogP contribution in [0.4, 0.5) is 16.2 Å². The fourth-order valence-corrected chi connectivity index (χ4v) is 10.5. The maximum absolute atomic E-state index is 13.7. The monoisotopic (exact) mass is 628 g/mol. The molecular formula is C34H52N4O5S. The van der Waals surface area contributed by atoms with Gasteiger partial charge in [-0.15, -0.1) is 0 Å². The van der Waals surface area contributed by atoms with Gasteiger partial charge in [-0.1, -0.05) is 51.0 Å². The number of hydrogen-bond acceptors (Lipinski definition) is 7. The number of ether oxygens (including phenoxy) is 1. The van der Waals surface area contributed by atoms with E-state index in [1.54, 1.807) is 11.8 Å². The lowest BCUT2D eigenvalue weighted by molar-refractivity contribution is -0.117. The van der Waals surface area contributed by atoms with E-state index in [2.05, 4.69) is 22.6 Å². The quantitative estimate of drug-likeness (QED) is 0.434. The molecule has 0 radical (unpaired) electrons. The number of hydrogen-bond donors (Lipinski definition) is 1. The number of carbonyl (C=O) groups is 2. The Morgan fingerprint density at radius 1 is 0.886 bits per heavy atom. The van der Waals surface area contributed by atoms with Crippen LogP contribution < -0.4 is 15.2 Å². The average Bonchev–Trinajstić information content (AvgIpc) is 3.42. The molecule has 1 N–H and O–H groups in total. The number of anilines is 2. The van der Waals surface area contributed by atoms with Crippen LogP contribution in [0.1, 0.15) is 122 Å². The molecule has 3 heterocycles. The highest BCUT2D eigenvalue weighted by atomic mass is 32.2. The third-order valence-corrected chi connectivity index (χ3v) is 12.8. The van der Waals surface area contributed by atoms with Gasteiger partial charge in [0.15, 0.2) is 9.84 Å². The van der Waals surface area contributed by atoms with Gasteiger partial charge in [0.2, 0.25) is 5.91 Å². The Morgan fingerprint density at radius 3 is 2.25 bits per heavy atom. The fraction of sp³-hybridized carbons (Fsp3) is 0.765. The second-order valence-corrected chi connectivity index (χ2v) is 16.5. The van der Waals surface area contributed by atoms with Crippen molar-refractivity contribution in [3.63, 3.8) is 0 Å². The van der Waals surface area contributed by atoms with Crippen molar-refractivity contribution in [3.8, 4) is 0 Å². The molecule has 0 aromatic heterocycles. The molecule has 244 valence electrons. The fourth-order valence-electron chi connectivity index (χ4n) is 8.76. The highest BCUT2D eigenvalue weighted by Crippen LogP contribution is 2.46. The van der Waals surface area contributed by atoms with E-state index in [1.807, 2.05) is 17.9 Å². The standard InChI is InChI=1S/C34H52N4O5S/c1-25-22-36(33(40)43-29-14-8-7-9-15-29)32-21-27(16-17-31(32)38(25)26(2)39)30-23-37(28-13-12-20-44(41,42)24-28)35-34(30)18-10-5-3-4-6-11-19-34/h16-17,21,25,28-30,35H,3-15,18-20,22-24H2,1-2H3/t25-,28?,30?/m0/s1. The van der Waals surface area contributed by atoms with Crippen molar-refractivity contribution in [2.24, 2.45) is 0 Å². The van der Waals surface area contributed by atoms with Crippen LogP contribution in [0.15, 0.2) is 18.2 Å². The topological polar surface area (TPSA) is 99.3 Å².